The molecule has 1 aromatic carbocycles. The minimum Gasteiger partial charge on any atom is -0.493 e. The molecule has 1 amide bonds. The monoisotopic (exact) mass is 385 g/mol. The molecule has 0 spiro atoms. The van der Waals surface area contributed by atoms with E-state index in [9.17, 15) is 20.1 Å². The quantitative estimate of drug-likeness (QED) is 0.474. The first-order valence-electron chi connectivity index (χ1n) is 8.72. The van der Waals surface area contributed by atoms with E-state index in [0.717, 1.165) is 5.56 Å². The number of methoxy groups -OCH3 is 1. The summed E-state index contributed by atoms with van der Waals surface area (Å²) in [7, 11) is 1.53. The lowest BCUT2D eigenvalue weighted by Gasteiger charge is -2.42. The molecule has 0 radical (unpaired) electrons. The van der Waals surface area contributed by atoms with Crippen molar-refractivity contribution in [1.29, 1.82) is 0 Å². The van der Waals surface area contributed by atoms with Gasteiger partial charge in [0, 0.05) is 6.92 Å². The van der Waals surface area contributed by atoms with Crippen LogP contribution < -0.4 is 14.8 Å². The Balaban J connectivity index is 2.11. The number of carbonyl (C=O) groups excluding carboxylic acids is 1. The Morgan fingerprint density at radius 2 is 2.00 bits per heavy atom. The molecule has 1 heterocycles. The van der Waals surface area contributed by atoms with Crippen LogP contribution in [0.3, 0.4) is 0 Å². The predicted molar refractivity (Wildman–Crippen MR) is 94.3 cm³/mol. The van der Waals surface area contributed by atoms with E-state index >= 15 is 0 Å². The van der Waals surface area contributed by atoms with E-state index in [1.807, 2.05) is 6.92 Å². The SMILES string of the molecule is CCOc1ccc(CO[C@H]2O[C@@H](CO)[C@@H](O)[C@@H](O)[C@H]2NC(C)=O)cc1OC. The number of aliphatic hydroxyl groups excluding tert-OH is 3. The number of benzene rings is 1. The van der Waals surface area contributed by atoms with E-state index in [1.165, 1.54) is 14.0 Å². The van der Waals surface area contributed by atoms with E-state index < -0.39 is 43.2 Å². The molecule has 1 saturated heterocycles. The van der Waals surface area contributed by atoms with E-state index in [4.69, 9.17) is 18.9 Å². The average molecular weight is 385 g/mol. The fraction of sp³-hybridized carbons (Fsp3) is 0.611. The molecule has 5 atom stereocenters. The van der Waals surface area contributed by atoms with Gasteiger partial charge in [-0.1, -0.05) is 6.07 Å². The normalized spacial score (nSPS) is 27.9. The van der Waals surface area contributed by atoms with Gasteiger partial charge >= 0.3 is 0 Å². The molecular weight excluding hydrogens is 358 g/mol. The van der Waals surface area contributed by atoms with Gasteiger partial charge < -0.3 is 39.6 Å². The van der Waals surface area contributed by atoms with Gasteiger partial charge in [0.05, 0.1) is 26.9 Å². The highest BCUT2D eigenvalue weighted by Gasteiger charge is 2.45. The summed E-state index contributed by atoms with van der Waals surface area (Å²) in [6.45, 7) is 3.25. The number of amides is 1. The Morgan fingerprint density at radius 3 is 2.59 bits per heavy atom. The summed E-state index contributed by atoms with van der Waals surface area (Å²) >= 11 is 0. The highest BCUT2D eigenvalue weighted by Crippen LogP contribution is 2.29. The van der Waals surface area contributed by atoms with Gasteiger partial charge in [0.25, 0.3) is 0 Å². The Kier molecular flexibility index (Phi) is 7.81. The van der Waals surface area contributed by atoms with Crippen LogP contribution >= 0.6 is 0 Å². The average Bonchev–Trinajstić information content (AvgIpc) is 2.65. The fourth-order valence-corrected chi connectivity index (χ4v) is 2.87. The number of nitrogens with one attached hydrogen (secondary N) is 1. The van der Waals surface area contributed by atoms with Gasteiger partial charge in [-0.15, -0.1) is 0 Å². The second-order valence-electron chi connectivity index (χ2n) is 6.16. The molecule has 9 heteroatoms. The highest BCUT2D eigenvalue weighted by atomic mass is 16.7. The molecule has 0 aromatic heterocycles. The number of hydrogen-bond donors (Lipinski definition) is 4. The summed E-state index contributed by atoms with van der Waals surface area (Å²) in [4.78, 5) is 11.4. The first-order chi connectivity index (χ1) is 12.9. The maximum atomic E-state index is 11.4. The lowest BCUT2D eigenvalue weighted by Crippen LogP contribution is -2.64. The molecule has 1 aliphatic heterocycles. The van der Waals surface area contributed by atoms with Crippen molar-refractivity contribution in [3.05, 3.63) is 23.8 Å². The standard InChI is InChI=1S/C18H27NO8/c1-4-25-12-6-5-11(7-13(12)24-3)9-26-18-15(19-10(2)21)17(23)16(22)14(8-20)27-18/h5-7,14-18,20,22-23H,4,8-9H2,1-3H3,(H,19,21)/t14-,15+,16+,17-,18-/m0/s1. The molecule has 9 nitrogen and oxygen atoms in total. The third kappa shape index (κ3) is 5.30. The molecule has 0 bridgehead atoms. The van der Waals surface area contributed by atoms with E-state index in [2.05, 4.69) is 5.32 Å². The van der Waals surface area contributed by atoms with E-state index in [0.29, 0.717) is 18.1 Å². The second-order valence-corrected chi connectivity index (χ2v) is 6.16. The Hall–Kier alpha value is -1.91. The molecule has 1 fully saturated rings. The van der Waals surface area contributed by atoms with Gasteiger partial charge in [0.2, 0.25) is 5.91 Å². The zero-order valence-electron chi connectivity index (χ0n) is 15.6. The van der Waals surface area contributed by atoms with Crippen LogP contribution in [0.1, 0.15) is 19.4 Å². The van der Waals surface area contributed by atoms with Crippen LogP contribution in [-0.2, 0) is 20.9 Å². The summed E-state index contributed by atoms with van der Waals surface area (Å²) in [5, 5.41) is 32.1. The third-order valence-corrected chi connectivity index (χ3v) is 4.19. The smallest absolute Gasteiger partial charge is 0.217 e. The number of carbonyl (C=O) groups is 1. The van der Waals surface area contributed by atoms with E-state index in [1.54, 1.807) is 18.2 Å². The van der Waals surface area contributed by atoms with Gasteiger partial charge in [0.15, 0.2) is 17.8 Å². The lowest BCUT2D eigenvalue weighted by atomic mass is 9.97. The van der Waals surface area contributed by atoms with Gasteiger partial charge in [-0.25, -0.2) is 0 Å². The fourth-order valence-electron chi connectivity index (χ4n) is 2.87. The van der Waals surface area contributed by atoms with Crippen LogP contribution in [0.5, 0.6) is 11.5 Å². The second kappa shape index (κ2) is 9.86. The zero-order valence-corrected chi connectivity index (χ0v) is 15.6. The summed E-state index contributed by atoms with van der Waals surface area (Å²) in [6.07, 6.45) is -4.77. The minimum absolute atomic E-state index is 0.0878. The Labute approximate surface area is 157 Å². The van der Waals surface area contributed by atoms with Gasteiger partial charge in [-0.2, -0.15) is 0 Å². The van der Waals surface area contributed by atoms with Crippen molar-refractivity contribution in [3.63, 3.8) is 0 Å². The highest BCUT2D eigenvalue weighted by molar-refractivity contribution is 5.73. The van der Waals surface area contributed by atoms with Crippen LogP contribution in [-0.4, -0.2) is 72.2 Å². The summed E-state index contributed by atoms with van der Waals surface area (Å²) in [5.41, 5.74) is 0.752. The Bertz CT molecular complexity index is 625. The molecule has 2 rings (SSSR count). The number of hydrogen-bond acceptors (Lipinski definition) is 8. The molecule has 152 valence electrons. The molecule has 27 heavy (non-hydrogen) atoms. The predicted octanol–water partition coefficient (Wildman–Crippen LogP) is -0.446. The Morgan fingerprint density at radius 1 is 1.26 bits per heavy atom. The molecule has 1 aromatic rings. The third-order valence-electron chi connectivity index (χ3n) is 4.19. The van der Waals surface area contributed by atoms with Crippen molar-refractivity contribution in [3.8, 4) is 11.5 Å². The van der Waals surface area contributed by atoms with Crippen LogP contribution in [0.25, 0.3) is 0 Å². The number of aliphatic hydroxyl groups is 3. The topological polar surface area (TPSA) is 127 Å². The van der Waals surface area contributed by atoms with Crippen molar-refractivity contribution in [2.75, 3.05) is 20.3 Å². The first-order valence-corrected chi connectivity index (χ1v) is 8.72. The van der Waals surface area contributed by atoms with Crippen molar-refractivity contribution >= 4 is 5.91 Å². The maximum absolute atomic E-state index is 11.4. The maximum Gasteiger partial charge on any atom is 0.217 e. The lowest BCUT2D eigenvalue weighted by molar-refractivity contribution is -0.273. The molecule has 0 unspecified atom stereocenters. The number of rotatable bonds is 8. The van der Waals surface area contributed by atoms with Crippen molar-refractivity contribution in [1.82, 2.24) is 5.32 Å². The van der Waals surface area contributed by atoms with Crippen LogP contribution in [0.4, 0.5) is 0 Å². The van der Waals surface area contributed by atoms with Crippen molar-refractivity contribution < 1.29 is 39.1 Å². The van der Waals surface area contributed by atoms with Gasteiger partial charge in [-0.3, -0.25) is 4.79 Å². The van der Waals surface area contributed by atoms with Crippen molar-refractivity contribution in [2.45, 2.75) is 51.1 Å². The number of ether oxygens (including phenoxy) is 4. The largest absolute Gasteiger partial charge is 0.493 e. The molecule has 0 saturated carbocycles. The summed E-state index contributed by atoms with van der Waals surface area (Å²) in [6, 6.07) is 4.31. The molecule has 0 aliphatic carbocycles. The van der Waals surface area contributed by atoms with Crippen LogP contribution in [0, 0.1) is 0 Å². The van der Waals surface area contributed by atoms with E-state index in [-0.39, 0.29) is 6.61 Å². The van der Waals surface area contributed by atoms with Crippen LogP contribution in [0.15, 0.2) is 18.2 Å². The van der Waals surface area contributed by atoms with Crippen molar-refractivity contribution in [2.24, 2.45) is 0 Å². The molecular formula is C18H27NO8. The summed E-state index contributed by atoms with van der Waals surface area (Å²) in [5.74, 6) is 0.742. The zero-order chi connectivity index (χ0) is 20.0. The van der Waals surface area contributed by atoms with Crippen LogP contribution in [0.2, 0.25) is 0 Å². The molecule has 1 aliphatic rings. The first kappa shape index (κ1) is 21.4. The van der Waals surface area contributed by atoms with Gasteiger partial charge in [-0.05, 0) is 24.6 Å². The summed E-state index contributed by atoms with van der Waals surface area (Å²) < 4.78 is 22.0. The van der Waals surface area contributed by atoms with Gasteiger partial charge in [0.1, 0.15) is 24.4 Å². The minimum atomic E-state index is -1.35. The molecule has 4 N–H and O–H groups in total.